The Balaban J connectivity index is 1.19. The van der Waals surface area contributed by atoms with Crippen LogP contribution in [0.15, 0.2) is 55.0 Å². The summed E-state index contributed by atoms with van der Waals surface area (Å²) in [6, 6.07) is 10.2. The zero-order valence-corrected chi connectivity index (χ0v) is 25.0. The smallest absolute Gasteiger partial charge is 0.417 e. The molecule has 0 radical (unpaired) electrons. The van der Waals surface area contributed by atoms with Crippen LogP contribution in [0.25, 0.3) is 16.9 Å². The number of benzene rings is 1. The minimum absolute atomic E-state index is 0.0108. The third-order valence-corrected chi connectivity index (χ3v) is 8.80. The largest absolute Gasteiger partial charge is 0.443 e. The Morgan fingerprint density at radius 2 is 1.86 bits per heavy atom. The van der Waals surface area contributed by atoms with Crippen molar-refractivity contribution < 1.29 is 23.8 Å². The van der Waals surface area contributed by atoms with Gasteiger partial charge in [-0.2, -0.15) is 0 Å². The number of carbonyl (C=O) groups is 2. The van der Waals surface area contributed by atoms with Crippen LogP contribution in [0.4, 0.5) is 26.4 Å². The van der Waals surface area contributed by atoms with Gasteiger partial charge in [-0.15, -0.1) is 0 Å². The number of fused-ring (bicyclic) bond motifs is 2. The van der Waals surface area contributed by atoms with E-state index in [1.54, 1.807) is 49.8 Å². The summed E-state index contributed by atoms with van der Waals surface area (Å²) in [5.41, 5.74) is 2.94. The number of amides is 2. The molecule has 7 rings (SSSR count). The molecule has 4 aromatic rings. The summed E-state index contributed by atoms with van der Waals surface area (Å²) in [6.45, 7) is 6.82. The number of imide groups is 1. The number of anilines is 3. The Morgan fingerprint density at radius 3 is 2.55 bits per heavy atom. The third kappa shape index (κ3) is 5.15. The van der Waals surface area contributed by atoms with E-state index in [2.05, 4.69) is 20.2 Å². The van der Waals surface area contributed by atoms with Crippen LogP contribution >= 0.6 is 0 Å². The second-order valence-corrected chi connectivity index (χ2v) is 13.0. The van der Waals surface area contributed by atoms with Crippen molar-refractivity contribution in [1.29, 1.82) is 0 Å². The highest BCUT2D eigenvalue weighted by atomic mass is 19.1. The molecule has 2 aliphatic heterocycles. The molecule has 3 aromatic heterocycles. The van der Waals surface area contributed by atoms with Gasteiger partial charge in [0, 0.05) is 30.9 Å². The summed E-state index contributed by atoms with van der Waals surface area (Å²) in [4.78, 5) is 39.2. The zero-order chi connectivity index (χ0) is 30.8. The van der Waals surface area contributed by atoms with Crippen molar-refractivity contribution in [2.24, 2.45) is 5.92 Å². The van der Waals surface area contributed by atoms with Crippen LogP contribution in [-0.2, 0) is 11.3 Å². The minimum Gasteiger partial charge on any atom is -0.443 e. The van der Waals surface area contributed by atoms with Crippen LogP contribution in [0, 0.1) is 11.7 Å². The number of ether oxygens (including phenoxy) is 1. The van der Waals surface area contributed by atoms with E-state index < -0.39 is 29.0 Å². The number of pyridine rings is 2. The molecule has 2 N–H and O–H groups in total. The average Bonchev–Trinajstić information content (AvgIpc) is 3.68. The highest BCUT2D eigenvalue weighted by molar-refractivity contribution is 6.11. The molecule has 1 saturated carbocycles. The molecule has 228 valence electrons. The third-order valence-electron chi connectivity index (χ3n) is 8.80. The number of halogens is 1. The van der Waals surface area contributed by atoms with E-state index in [0.29, 0.717) is 45.5 Å². The number of aliphatic hydroxyl groups is 1. The highest BCUT2D eigenvalue weighted by Crippen LogP contribution is 2.45. The number of hydrogen-bond acceptors (Lipinski definition) is 8. The number of imidazole rings is 1. The standard InChI is InChI=1S/C33H35FN6O4/c1-32(2,3)44-31(42)40-19-24-23(26-18-36-28-16-21(34)10-13-39(26)28)7-8-25(29(24)30(40)41)37-27-9-6-22(17-35-27)38-14-11-33(43,12-15-38)20-4-5-20/h6-10,13,16-18,20,43H,4-5,11-12,14-15,19H2,1-3H3,(H,35,37). The molecule has 2 amide bonds. The summed E-state index contributed by atoms with van der Waals surface area (Å²) < 4.78 is 21.2. The highest BCUT2D eigenvalue weighted by Gasteiger charge is 2.45. The van der Waals surface area contributed by atoms with Gasteiger partial charge in [-0.3, -0.25) is 9.20 Å². The number of nitrogens with zero attached hydrogens (tertiary/aromatic N) is 5. The van der Waals surface area contributed by atoms with Gasteiger partial charge < -0.3 is 20.1 Å². The molecular formula is C33H35FN6O4. The second-order valence-electron chi connectivity index (χ2n) is 13.0. The molecule has 0 unspecified atom stereocenters. The lowest BCUT2D eigenvalue weighted by molar-refractivity contribution is -0.00533. The van der Waals surface area contributed by atoms with Crippen LogP contribution in [0.1, 0.15) is 62.4 Å². The maximum atomic E-state index is 13.9. The van der Waals surface area contributed by atoms with E-state index in [-0.39, 0.29) is 6.54 Å². The predicted octanol–water partition coefficient (Wildman–Crippen LogP) is 5.91. The van der Waals surface area contributed by atoms with Gasteiger partial charge in [0.1, 0.15) is 22.9 Å². The summed E-state index contributed by atoms with van der Waals surface area (Å²) in [5.74, 6) is 0.118. The Bertz CT molecular complexity index is 1770. The number of aromatic nitrogens is 3. The van der Waals surface area contributed by atoms with Crippen LogP contribution < -0.4 is 10.2 Å². The quantitative estimate of drug-likeness (QED) is 0.292. The van der Waals surface area contributed by atoms with Crippen molar-refractivity contribution in [1.82, 2.24) is 19.3 Å². The Labute approximate surface area is 254 Å². The van der Waals surface area contributed by atoms with Crippen LogP contribution in [0.5, 0.6) is 0 Å². The Morgan fingerprint density at radius 1 is 1.09 bits per heavy atom. The molecule has 3 aliphatic rings. The van der Waals surface area contributed by atoms with Crippen LogP contribution in [-0.4, -0.2) is 60.7 Å². The molecule has 1 aromatic carbocycles. The maximum Gasteiger partial charge on any atom is 0.417 e. The van der Waals surface area contributed by atoms with E-state index in [4.69, 9.17) is 4.74 Å². The summed E-state index contributed by atoms with van der Waals surface area (Å²) in [7, 11) is 0. The second kappa shape index (κ2) is 10.3. The SMILES string of the molecule is CC(C)(C)OC(=O)N1Cc2c(-c3cnc4cc(F)ccn34)ccc(Nc3ccc(N4CCC(O)(C5CC5)CC4)cn3)c2C1=O. The van der Waals surface area contributed by atoms with E-state index in [1.807, 2.05) is 18.2 Å². The number of nitrogens with one attached hydrogen (secondary N) is 1. The first kappa shape index (κ1) is 28.3. The zero-order valence-electron chi connectivity index (χ0n) is 25.0. The molecule has 5 heterocycles. The molecule has 0 spiro atoms. The topological polar surface area (TPSA) is 112 Å². The number of carbonyl (C=O) groups excluding carboxylic acids is 2. The van der Waals surface area contributed by atoms with Crippen molar-refractivity contribution >= 4 is 34.8 Å². The lowest BCUT2D eigenvalue weighted by Crippen LogP contribution is -2.45. The lowest BCUT2D eigenvalue weighted by Gasteiger charge is -2.39. The number of rotatable bonds is 5. The van der Waals surface area contributed by atoms with Gasteiger partial charge in [0.05, 0.1) is 47.2 Å². The van der Waals surface area contributed by atoms with E-state index in [0.717, 1.165) is 49.4 Å². The molecule has 44 heavy (non-hydrogen) atoms. The first-order valence-electron chi connectivity index (χ1n) is 15.0. The molecule has 0 atom stereocenters. The fourth-order valence-corrected chi connectivity index (χ4v) is 6.35. The Hall–Kier alpha value is -4.51. The number of piperidine rings is 1. The first-order valence-corrected chi connectivity index (χ1v) is 15.0. The van der Waals surface area contributed by atoms with Gasteiger partial charge in [-0.1, -0.05) is 6.07 Å². The molecule has 1 saturated heterocycles. The summed E-state index contributed by atoms with van der Waals surface area (Å²) >= 11 is 0. The summed E-state index contributed by atoms with van der Waals surface area (Å²) in [5, 5.41) is 14.2. The maximum absolute atomic E-state index is 13.9. The average molecular weight is 599 g/mol. The normalized spacial score (nSPS) is 18.1. The van der Waals surface area contributed by atoms with Crippen molar-refractivity contribution in [3.8, 4) is 11.3 Å². The monoisotopic (exact) mass is 598 g/mol. The van der Waals surface area contributed by atoms with Crippen molar-refractivity contribution in [3.05, 3.63) is 71.9 Å². The van der Waals surface area contributed by atoms with Gasteiger partial charge in [0.2, 0.25) is 0 Å². The fraction of sp³-hybridized carbons (Fsp3) is 0.394. The van der Waals surface area contributed by atoms with Gasteiger partial charge >= 0.3 is 6.09 Å². The van der Waals surface area contributed by atoms with Crippen LogP contribution in [0.2, 0.25) is 0 Å². The Kier molecular flexibility index (Phi) is 6.61. The van der Waals surface area contributed by atoms with E-state index in [9.17, 15) is 19.1 Å². The molecule has 11 heteroatoms. The van der Waals surface area contributed by atoms with Crippen molar-refractivity contribution in [3.63, 3.8) is 0 Å². The van der Waals surface area contributed by atoms with E-state index in [1.165, 1.54) is 12.1 Å². The molecular weight excluding hydrogens is 563 g/mol. The fourth-order valence-electron chi connectivity index (χ4n) is 6.35. The molecule has 1 aliphatic carbocycles. The molecule has 2 fully saturated rings. The van der Waals surface area contributed by atoms with Gasteiger partial charge in [0.25, 0.3) is 5.91 Å². The minimum atomic E-state index is -0.779. The van der Waals surface area contributed by atoms with Crippen molar-refractivity contribution in [2.45, 2.75) is 64.2 Å². The molecule has 10 nitrogen and oxygen atoms in total. The first-order chi connectivity index (χ1) is 21.0. The lowest BCUT2D eigenvalue weighted by atomic mass is 9.86. The van der Waals surface area contributed by atoms with Crippen LogP contribution in [0.3, 0.4) is 0 Å². The van der Waals surface area contributed by atoms with Gasteiger partial charge in [-0.25, -0.2) is 24.1 Å². The van der Waals surface area contributed by atoms with Crippen molar-refractivity contribution in [2.75, 3.05) is 23.3 Å². The number of hydrogen-bond donors (Lipinski definition) is 2. The summed E-state index contributed by atoms with van der Waals surface area (Å²) in [6.07, 6.45) is 8.05. The molecule has 0 bridgehead atoms. The van der Waals surface area contributed by atoms with E-state index >= 15 is 0 Å². The van der Waals surface area contributed by atoms with Gasteiger partial charge in [0.15, 0.2) is 0 Å². The predicted molar refractivity (Wildman–Crippen MR) is 163 cm³/mol. The van der Waals surface area contributed by atoms with Gasteiger partial charge in [-0.05, 0) is 82.2 Å².